The molecule has 116 valence electrons. The fourth-order valence-corrected chi connectivity index (χ4v) is 6.60. The molecule has 1 saturated carbocycles. The largest absolute Gasteiger partial charge is 0.477 e. The second kappa shape index (κ2) is 5.70. The third kappa shape index (κ3) is 2.74. The summed E-state index contributed by atoms with van der Waals surface area (Å²) >= 11 is 0.852. The second-order valence-corrected chi connectivity index (χ2v) is 8.99. The molecule has 1 aromatic rings. The quantitative estimate of drug-likeness (QED) is 0.925. The number of hydrogen-bond acceptors (Lipinski definition) is 4. The molecule has 0 unspecified atom stereocenters. The van der Waals surface area contributed by atoms with Gasteiger partial charge in [0.1, 0.15) is 9.09 Å². The topological polar surface area (TPSA) is 74.7 Å². The Morgan fingerprint density at radius 1 is 1.19 bits per heavy atom. The summed E-state index contributed by atoms with van der Waals surface area (Å²) < 4.78 is 27.4. The number of aromatic carboxylic acids is 1. The summed E-state index contributed by atoms with van der Waals surface area (Å²) in [7, 11) is -3.56. The molecule has 2 fully saturated rings. The number of nitrogens with zero attached hydrogens (tertiary/aromatic N) is 1. The third-order valence-corrected chi connectivity index (χ3v) is 8.01. The Labute approximate surface area is 128 Å². The molecule has 7 heteroatoms. The lowest BCUT2D eigenvalue weighted by Gasteiger charge is -2.42. The van der Waals surface area contributed by atoms with Crippen molar-refractivity contribution in [3.05, 3.63) is 17.0 Å². The summed E-state index contributed by atoms with van der Waals surface area (Å²) in [4.78, 5) is 11.0. The maximum absolute atomic E-state index is 12.8. The van der Waals surface area contributed by atoms with Gasteiger partial charge < -0.3 is 5.11 Å². The first-order valence-electron chi connectivity index (χ1n) is 7.35. The first-order chi connectivity index (χ1) is 10.00. The summed E-state index contributed by atoms with van der Waals surface area (Å²) in [6.45, 7) is 0.559. The zero-order chi connectivity index (χ0) is 15.0. The number of carboxylic acids is 1. The van der Waals surface area contributed by atoms with E-state index in [9.17, 15) is 13.2 Å². The minimum absolute atomic E-state index is 0.0748. The van der Waals surface area contributed by atoms with Crippen LogP contribution in [0.2, 0.25) is 0 Å². The van der Waals surface area contributed by atoms with Crippen molar-refractivity contribution >= 4 is 27.3 Å². The van der Waals surface area contributed by atoms with E-state index in [1.807, 2.05) is 0 Å². The molecule has 1 aliphatic heterocycles. The van der Waals surface area contributed by atoms with E-state index in [0.29, 0.717) is 12.5 Å². The Balaban J connectivity index is 1.90. The van der Waals surface area contributed by atoms with Gasteiger partial charge in [-0.3, -0.25) is 0 Å². The standard InChI is InChI=1S/C14H19NO4S2/c16-14(17)12-7-8-13(20-12)21(18,19)15-9-3-5-10-4-1-2-6-11(10)15/h7-8,10-11H,1-6,9H2,(H,16,17)/t10-,11-/m1/s1. The van der Waals surface area contributed by atoms with E-state index in [1.165, 1.54) is 18.6 Å². The molecule has 2 heterocycles. The summed E-state index contributed by atoms with van der Waals surface area (Å²) in [5.41, 5.74) is 0. The summed E-state index contributed by atoms with van der Waals surface area (Å²) in [5, 5.41) is 8.96. The third-order valence-electron chi connectivity index (χ3n) is 4.55. The predicted octanol–water partition coefficient (Wildman–Crippen LogP) is 2.79. The highest BCUT2D eigenvalue weighted by atomic mass is 32.2. The molecule has 0 aromatic carbocycles. The number of hydrogen-bond donors (Lipinski definition) is 1. The van der Waals surface area contributed by atoms with Crippen molar-refractivity contribution in [2.24, 2.45) is 5.92 Å². The molecule has 2 atom stereocenters. The highest BCUT2D eigenvalue weighted by molar-refractivity contribution is 7.91. The van der Waals surface area contributed by atoms with Gasteiger partial charge in [0, 0.05) is 12.6 Å². The fourth-order valence-electron chi connectivity index (χ4n) is 3.57. The second-order valence-electron chi connectivity index (χ2n) is 5.79. The molecule has 1 aliphatic carbocycles. The smallest absolute Gasteiger partial charge is 0.345 e. The molecule has 1 saturated heterocycles. The minimum atomic E-state index is -3.56. The maximum Gasteiger partial charge on any atom is 0.345 e. The van der Waals surface area contributed by atoms with Gasteiger partial charge in [0.25, 0.3) is 10.0 Å². The number of thiophene rings is 1. The van der Waals surface area contributed by atoms with Crippen LogP contribution < -0.4 is 0 Å². The number of piperidine rings is 1. The highest BCUT2D eigenvalue weighted by Crippen LogP contribution is 2.39. The van der Waals surface area contributed by atoms with Crippen molar-refractivity contribution in [2.75, 3.05) is 6.54 Å². The molecule has 2 aliphatic rings. The number of rotatable bonds is 3. The lowest BCUT2D eigenvalue weighted by molar-refractivity contribution is 0.0702. The monoisotopic (exact) mass is 329 g/mol. The van der Waals surface area contributed by atoms with Gasteiger partial charge in [-0.05, 0) is 43.7 Å². The Morgan fingerprint density at radius 2 is 1.90 bits per heavy atom. The van der Waals surface area contributed by atoms with Crippen molar-refractivity contribution < 1.29 is 18.3 Å². The van der Waals surface area contributed by atoms with Crippen molar-refractivity contribution in [3.63, 3.8) is 0 Å². The Bertz CT molecular complexity index is 635. The number of sulfonamides is 1. The first kappa shape index (κ1) is 15.0. The molecule has 5 nitrogen and oxygen atoms in total. The van der Waals surface area contributed by atoms with Gasteiger partial charge in [-0.1, -0.05) is 12.8 Å². The van der Waals surface area contributed by atoms with E-state index in [0.717, 1.165) is 43.4 Å². The molecule has 0 spiro atoms. The molecule has 0 radical (unpaired) electrons. The lowest BCUT2D eigenvalue weighted by Crippen LogP contribution is -2.49. The van der Waals surface area contributed by atoms with Gasteiger partial charge >= 0.3 is 5.97 Å². The Hall–Kier alpha value is -0.920. The SMILES string of the molecule is O=C(O)c1ccc(S(=O)(=O)N2CCC[C@H]3CCCC[C@H]32)s1. The van der Waals surface area contributed by atoms with Crippen LogP contribution in [0.25, 0.3) is 0 Å². The van der Waals surface area contributed by atoms with E-state index in [2.05, 4.69) is 0 Å². The Morgan fingerprint density at radius 3 is 2.62 bits per heavy atom. The number of carboxylic acid groups (broad SMARTS) is 1. The van der Waals surface area contributed by atoms with E-state index in [-0.39, 0.29) is 15.1 Å². The molecular weight excluding hydrogens is 310 g/mol. The van der Waals surface area contributed by atoms with Crippen LogP contribution in [0.15, 0.2) is 16.3 Å². The molecule has 1 aromatic heterocycles. The van der Waals surface area contributed by atoms with E-state index in [4.69, 9.17) is 5.11 Å². The number of fused-ring (bicyclic) bond motifs is 1. The molecular formula is C14H19NO4S2. The van der Waals surface area contributed by atoms with Crippen LogP contribution in [0.4, 0.5) is 0 Å². The average Bonchev–Trinajstić information content (AvgIpc) is 2.97. The van der Waals surface area contributed by atoms with Crippen LogP contribution in [-0.4, -0.2) is 36.4 Å². The van der Waals surface area contributed by atoms with Gasteiger partial charge in [0.2, 0.25) is 0 Å². The zero-order valence-corrected chi connectivity index (χ0v) is 13.3. The van der Waals surface area contributed by atoms with Crippen LogP contribution in [0.3, 0.4) is 0 Å². The lowest BCUT2D eigenvalue weighted by atomic mass is 9.79. The van der Waals surface area contributed by atoms with Crippen molar-refractivity contribution in [1.29, 1.82) is 0 Å². The zero-order valence-electron chi connectivity index (χ0n) is 11.7. The van der Waals surface area contributed by atoms with Crippen LogP contribution in [0.1, 0.15) is 48.2 Å². The summed E-state index contributed by atoms with van der Waals surface area (Å²) in [6.07, 6.45) is 6.33. The van der Waals surface area contributed by atoms with Crippen molar-refractivity contribution in [2.45, 2.75) is 48.8 Å². The number of carbonyl (C=O) groups is 1. The first-order valence-corrected chi connectivity index (χ1v) is 9.61. The predicted molar refractivity (Wildman–Crippen MR) is 80.2 cm³/mol. The molecule has 0 amide bonds. The summed E-state index contributed by atoms with van der Waals surface area (Å²) in [6, 6.07) is 2.91. The van der Waals surface area contributed by atoms with Gasteiger partial charge in [-0.25, -0.2) is 13.2 Å². The normalized spacial score (nSPS) is 27.2. The van der Waals surface area contributed by atoms with Crippen molar-refractivity contribution in [1.82, 2.24) is 4.31 Å². The van der Waals surface area contributed by atoms with Gasteiger partial charge in [-0.2, -0.15) is 4.31 Å². The van der Waals surface area contributed by atoms with Crippen molar-refractivity contribution in [3.8, 4) is 0 Å². The average molecular weight is 329 g/mol. The van der Waals surface area contributed by atoms with Crippen LogP contribution >= 0.6 is 11.3 Å². The van der Waals surface area contributed by atoms with E-state index in [1.54, 1.807) is 4.31 Å². The molecule has 1 N–H and O–H groups in total. The highest BCUT2D eigenvalue weighted by Gasteiger charge is 2.40. The van der Waals surface area contributed by atoms with Crippen LogP contribution in [0, 0.1) is 5.92 Å². The van der Waals surface area contributed by atoms with Gasteiger partial charge in [0.05, 0.1) is 0 Å². The maximum atomic E-state index is 12.8. The Kier molecular flexibility index (Phi) is 4.07. The van der Waals surface area contributed by atoms with Gasteiger partial charge in [-0.15, -0.1) is 11.3 Å². The van der Waals surface area contributed by atoms with E-state index >= 15 is 0 Å². The van der Waals surface area contributed by atoms with Gasteiger partial charge in [0.15, 0.2) is 0 Å². The van der Waals surface area contributed by atoms with Crippen LogP contribution in [-0.2, 0) is 10.0 Å². The summed E-state index contributed by atoms with van der Waals surface area (Å²) in [5.74, 6) is -0.600. The fraction of sp³-hybridized carbons (Fsp3) is 0.643. The molecule has 3 rings (SSSR count). The molecule has 21 heavy (non-hydrogen) atoms. The van der Waals surface area contributed by atoms with E-state index < -0.39 is 16.0 Å². The van der Waals surface area contributed by atoms with Crippen LogP contribution in [0.5, 0.6) is 0 Å². The minimum Gasteiger partial charge on any atom is -0.477 e. The molecule has 0 bridgehead atoms.